The molecule has 2 nitrogen and oxygen atoms in total. The number of rotatable bonds is 3. The number of allylic oxidation sites excluding steroid dienone is 1. The number of hydrogen-bond acceptors (Lipinski definition) is 2. The van der Waals surface area contributed by atoms with E-state index in [1.54, 1.807) is 13.4 Å². The van der Waals surface area contributed by atoms with Gasteiger partial charge in [0.15, 0.2) is 0 Å². The highest BCUT2D eigenvalue weighted by Gasteiger charge is 2.20. The van der Waals surface area contributed by atoms with Gasteiger partial charge < -0.3 is 4.74 Å². The second-order valence-electron chi connectivity index (χ2n) is 4.91. The topological polar surface area (TPSA) is 33.0 Å². The van der Waals surface area contributed by atoms with E-state index in [2.05, 4.69) is 24.3 Å². The Morgan fingerprint density at radius 1 is 1.17 bits per heavy atom. The lowest BCUT2D eigenvalue weighted by molar-refractivity contribution is 0.322. The van der Waals surface area contributed by atoms with E-state index in [0.717, 1.165) is 5.56 Å². The first-order valence-electron chi connectivity index (χ1n) is 6.53. The minimum atomic E-state index is 0.657. The molecule has 0 N–H and O–H groups in total. The molecule has 0 aliphatic heterocycles. The van der Waals surface area contributed by atoms with Crippen LogP contribution >= 0.6 is 0 Å². The minimum absolute atomic E-state index is 0.657. The van der Waals surface area contributed by atoms with E-state index in [0.29, 0.717) is 11.8 Å². The molecule has 94 valence electrons. The molecule has 1 aromatic rings. The molecule has 0 atom stereocenters. The minimum Gasteiger partial charge on any atom is -0.505 e. The van der Waals surface area contributed by atoms with E-state index in [1.165, 1.54) is 31.2 Å². The standard InChI is InChI=1S/C16H19NO/c1-18-11-10-13-2-6-15(7-3-13)16-8-4-14(12-17)5-9-16/h4-5,8-11,13,15H,2-3,6-7H2,1H3/b11-10+. The number of nitriles is 1. The highest BCUT2D eigenvalue weighted by molar-refractivity contribution is 5.33. The van der Waals surface area contributed by atoms with E-state index in [-0.39, 0.29) is 0 Å². The van der Waals surface area contributed by atoms with Crippen LogP contribution in [0.25, 0.3) is 0 Å². The zero-order chi connectivity index (χ0) is 12.8. The first kappa shape index (κ1) is 12.7. The summed E-state index contributed by atoms with van der Waals surface area (Å²) in [7, 11) is 1.69. The Balaban J connectivity index is 1.93. The van der Waals surface area contributed by atoms with Crippen LogP contribution in [0.2, 0.25) is 0 Å². The molecule has 0 aromatic heterocycles. The number of hydrogen-bond donors (Lipinski definition) is 0. The first-order chi connectivity index (χ1) is 8.83. The quantitative estimate of drug-likeness (QED) is 0.749. The number of nitrogens with zero attached hydrogens (tertiary/aromatic N) is 1. The van der Waals surface area contributed by atoms with E-state index in [1.807, 2.05) is 12.1 Å². The van der Waals surface area contributed by atoms with Crippen LogP contribution in [0.5, 0.6) is 0 Å². The Hall–Kier alpha value is -1.75. The summed E-state index contributed by atoms with van der Waals surface area (Å²) in [6.45, 7) is 0. The van der Waals surface area contributed by atoms with Gasteiger partial charge in [-0.3, -0.25) is 0 Å². The maximum atomic E-state index is 8.79. The van der Waals surface area contributed by atoms with E-state index in [4.69, 9.17) is 10.00 Å². The summed E-state index contributed by atoms with van der Waals surface area (Å²) in [5, 5.41) is 8.79. The van der Waals surface area contributed by atoms with Crippen molar-refractivity contribution < 1.29 is 4.74 Å². The highest BCUT2D eigenvalue weighted by atomic mass is 16.5. The summed E-state index contributed by atoms with van der Waals surface area (Å²) >= 11 is 0. The van der Waals surface area contributed by atoms with Gasteiger partial charge >= 0.3 is 0 Å². The van der Waals surface area contributed by atoms with Crippen LogP contribution in [0.15, 0.2) is 36.6 Å². The molecule has 0 spiro atoms. The third-order valence-electron chi connectivity index (χ3n) is 3.77. The average Bonchev–Trinajstić information content (AvgIpc) is 2.46. The number of methoxy groups -OCH3 is 1. The predicted molar refractivity (Wildman–Crippen MR) is 72.0 cm³/mol. The van der Waals surface area contributed by atoms with Crippen LogP contribution in [-0.4, -0.2) is 7.11 Å². The van der Waals surface area contributed by atoms with Crippen LogP contribution in [0.3, 0.4) is 0 Å². The van der Waals surface area contributed by atoms with E-state index in [9.17, 15) is 0 Å². The molecule has 0 saturated heterocycles. The highest BCUT2D eigenvalue weighted by Crippen LogP contribution is 2.36. The first-order valence-corrected chi connectivity index (χ1v) is 6.53. The van der Waals surface area contributed by atoms with Gasteiger partial charge in [-0.25, -0.2) is 0 Å². The van der Waals surface area contributed by atoms with Crippen molar-refractivity contribution in [2.24, 2.45) is 5.92 Å². The normalized spacial score (nSPS) is 23.8. The van der Waals surface area contributed by atoms with Crippen molar-refractivity contribution in [3.63, 3.8) is 0 Å². The molecule has 1 saturated carbocycles. The van der Waals surface area contributed by atoms with Gasteiger partial charge in [0.05, 0.1) is 25.0 Å². The predicted octanol–water partition coefficient (Wildman–Crippen LogP) is 3.99. The average molecular weight is 241 g/mol. The molecule has 18 heavy (non-hydrogen) atoms. The fourth-order valence-electron chi connectivity index (χ4n) is 2.66. The van der Waals surface area contributed by atoms with E-state index >= 15 is 0 Å². The fourth-order valence-corrected chi connectivity index (χ4v) is 2.66. The largest absolute Gasteiger partial charge is 0.505 e. The molecular weight excluding hydrogens is 222 g/mol. The molecule has 0 bridgehead atoms. The van der Waals surface area contributed by atoms with Crippen molar-refractivity contribution in [3.05, 3.63) is 47.7 Å². The molecule has 0 radical (unpaired) electrons. The van der Waals surface area contributed by atoms with Gasteiger partial charge in [-0.15, -0.1) is 0 Å². The van der Waals surface area contributed by atoms with Crippen LogP contribution in [0.1, 0.15) is 42.7 Å². The molecule has 1 aliphatic carbocycles. The molecule has 2 heteroatoms. The lowest BCUT2D eigenvalue weighted by Crippen LogP contribution is -2.11. The Kier molecular flexibility index (Phi) is 4.41. The van der Waals surface area contributed by atoms with Crippen molar-refractivity contribution in [2.75, 3.05) is 7.11 Å². The number of benzene rings is 1. The zero-order valence-electron chi connectivity index (χ0n) is 10.8. The van der Waals surface area contributed by atoms with Gasteiger partial charge in [-0.05, 0) is 61.3 Å². The Morgan fingerprint density at radius 3 is 2.39 bits per heavy atom. The van der Waals surface area contributed by atoms with E-state index < -0.39 is 0 Å². The summed E-state index contributed by atoms with van der Waals surface area (Å²) in [6.07, 6.45) is 8.88. The Bertz CT molecular complexity index is 433. The van der Waals surface area contributed by atoms with Crippen molar-refractivity contribution in [1.29, 1.82) is 5.26 Å². The van der Waals surface area contributed by atoms with Crippen molar-refractivity contribution in [3.8, 4) is 6.07 Å². The molecule has 1 fully saturated rings. The summed E-state index contributed by atoms with van der Waals surface area (Å²) in [5.41, 5.74) is 2.12. The number of ether oxygens (including phenoxy) is 1. The fraction of sp³-hybridized carbons (Fsp3) is 0.438. The maximum absolute atomic E-state index is 8.79. The molecule has 2 rings (SSSR count). The summed E-state index contributed by atoms with van der Waals surface area (Å²) in [5.74, 6) is 1.32. The third-order valence-corrected chi connectivity index (χ3v) is 3.77. The third kappa shape index (κ3) is 3.13. The molecule has 1 aliphatic rings. The Labute approximate surface area is 109 Å². The Morgan fingerprint density at radius 2 is 1.83 bits per heavy atom. The zero-order valence-corrected chi connectivity index (χ0v) is 10.8. The monoisotopic (exact) mass is 241 g/mol. The molecular formula is C16H19NO. The van der Waals surface area contributed by atoms with Gasteiger partial charge in [-0.2, -0.15) is 5.26 Å². The van der Waals surface area contributed by atoms with Crippen molar-refractivity contribution >= 4 is 0 Å². The van der Waals surface area contributed by atoms with Crippen molar-refractivity contribution in [1.82, 2.24) is 0 Å². The second kappa shape index (κ2) is 6.26. The molecule has 0 heterocycles. The smallest absolute Gasteiger partial charge is 0.0991 e. The molecule has 0 amide bonds. The van der Waals surface area contributed by atoms with Gasteiger partial charge in [-0.1, -0.05) is 12.1 Å². The van der Waals surface area contributed by atoms with Crippen molar-refractivity contribution in [2.45, 2.75) is 31.6 Å². The van der Waals surface area contributed by atoms with Crippen LogP contribution in [0, 0.1) is 17.2 Å². The summed E-state index contributed by atoms with van der Waals surface area (Å²) in [6, 6.07) is 10.2. The van der Waals surface area contributed by atoms with Crippen LogP contribution < -0.4 is 0 Å². The van der Waals surface area contributed by atoms with Gasteiger partial charge in [0, 0.05) is 0 Å². The van der Waals surface area contributed by atoms with Crippen LogP contribution in [-0.2, 0) is 4.74 Å². The van der Waals surface area contributed by atoms with Crippen LogP contribution in [0.4, 0.5) is 0 Å². The van der Waals surface area contributed by atoms with Gasteiger partial charge in [0.1, 0.15) is 0 Å². The SMILES string of the molecule is CO/C=C/C1CCC(c2ccc(C#N)cc2)CC1. The van der Waals surface area contributed by atoms with Gasteiger partial charge in [0.2, 0.25) is 0 Å². The van der Waals surface area contributed by atoms with Gasteiger partial charge in [0.25, 0.3) is 0 Å². The summed E-state index contributed by atoms with van der Waals surface area (Å²) in [4.78, 5) is 0. The molecule has 1 aromatic carbocycles. The molecule has 0 unspecified atom stereocenters. The lowest BCUT2D eigenvalue weighted by Gasteiger charge is -2.26. The maximum Gasteiger partial charge on any atom is 0.0991 e. The summed E-state index contributed by atoms with van der Waals surface area (Å²) < 4.78 is 4.97. The lowest BCUT2D eigenvalue weighted by atomic mass is 9.78. The second-order valence-corrected chi connectivity index (χ2v) is 4.91.